The van der Waals surface area contributed by atoms with Crippen LogP contribution in [0.3, 0.4) is 0 Å². The zero-order valence-electron chi connectivity index (χ0n) is 9.09. The zero-order chi connectivity index (χ0) is 12.3. The van der Waals surface area contributed by atoms with Gasteiger partial charge in [0, 0.05) is 23.6 Å². The number of aromatic nitrogens is 1. The van der Waals surface area contributed by atoms with Crippen molar-refractivity contribution in [2.75, 3.05) is 0 Å². The molecule has 0 aliphatic heterocycles. The van der Waals surface area contributed by atoms with Gasteiger partial charge in [0.05, 0.1) is 11.9 Å². The Bertz CT molecular complexity index is 572. The number of nitrogens with zero attached hydrogens (tertiary/aromatic N) is 1. The van der Waals surface area contributed by atoms with Crippen molar-refractivity contribution in [1.82, 2.24) is 4.98 Å². The van der Waals surface area contributed by atoms with Crippen LogP contribution in [0.25, 0.3) is 10.9 Å². The lowest BCUT2D eigenvalue weighted by molar-refractivity contribution is -0.136. The second-order valence-electron chi connectivity index (χ2n) is 3.70. The van der Waals surface area contributed by atoms with E-state index in [-0.39, 0.29) is 18.6 Å². The van der Waals surface area contributed by atoms with Crippen molar-refractivity contribution in [3.05, 3.63) is 42.1 Å². The molecule has 86 valence electrons. The van der Waals surface area contributed by atoms with Crippen LogP contribution in [0.4, 0.5) is 0 Å². The minimum atomic E-state index is -0.966. The Balaban J connectivity index is 2.35. The highest BCUT2D eigenvalue weighted by atomic mass is 16.4. The van der Waals surface area contributed by atoms with Crippen molar-refractivity contribution in [2.24, 2.45) is 0 Å². The van der Waals surface area contributed by atoms with E-state index in [0.29, 0.717) is 11.1 Å². The average Bonchev–Trinajstić information content (AvgIpc) is 2.35. The predicted molar refractivity (Wildman–Crippen MR) is 62.9 cm³/mol. The summed E-state index contributed by atoms with van der Waals surface area (Å²) < 4.78 is 0. The number of carboxylic acid groups (broad SMARTS) is 1. The smallest absolute Gasteiger partial charge is 0.303 e. The standard InChI is InChI=1S/C13H11NO3/c15-11(6-7-12(16)17)10-5-1-3-9-4-2-8-14-13(9)10/h1-5,8H,6-7H2,(H,16,17). The van der Waals surface area contributed by atoms with Gasteiger partial charge in [0.25, 0.3) is 0 Å². The van der Waals surface area contributed by atoms with Gasteiger partial charge >= 0.3 is 5.97 Å². The molecule has 1 aromatic heterocycles. The minimum Gasteiger partial charge on any atom is -0.481 e. The number of pyridine rings is 1. The van der Waals surface area contributed by atoms with Crippen LogP contribution in [0.2, 0.25) is 0 Å². The summed E-state index contributed by atoms with van der Waals surface area (Å²) in [5.74, 6) is -1.15. The number of benzene rings is 1. The van der Waals surface area contributed by atoms with E-state index in [1.807, 2.05) is 12.1 Å². The number of rotatable bonds is 4. The molecule has 0 saturated carbocycles. The Kier molecular flexibility index (Phi) is 3.14. The number of Topliss-reactive ketones (excluding diaryl/α,β-unsaturated/α-hetero) is 1. The summed E-state index contributed by atoms with van der Waals surface area (Å²) >= 11 is 0. The van der Waals surface area contributed by atoms with Crippen molar-refractivity contribution in [2.45, 2.75) is 12.8 Å². The zero-order valence-corrected chi connectivity index (χ0v) is 9.09. The fraction of sp³-hybridized carbons (Fsp3) is 0.154. The van der Waals surface area contributed by atoms with Crippen molar-refractivity contribution in [3.63, 3.8) is 0 Å². The summed E-state index contributed by atoms with van der Waals surface area (Å²) in [6.45, 7) is 0. The molecule has 2 aromatic rings. The van der Waals surface area contributed by atoms with Crippen molar-refractivity contribution >= 4 is 22.7 Å². The van der Waals surface area contributed by atoms with Gasteiger partial charge in [0.1, 0.15) is 0 Å². The third-order valence-corrected chi connectivity index (χ3v) is 2.50. The molecule has 0 fully saturated rings. The van der Waals surface area contributed by atoms with Crippen molar-refractivity contribution in [1.29, 1.82) is 0 Å². The van der Waals surface area contributed by atoms with Gasteiger partial charge in [-0.1, -0.05) is 18.2 Å². The van der Waals surface area contributed by atoms with E-state index in [4.69, 9.17) is 5.11 Å². The molecular formula is C13H11NO3. The first-order chi connectivity index (χ1) is 8.18. The molecule has 1 aromatic carbocycles. The number of fused-ring (bicyclic) bond motifs is 1. The molecule has 0 atom stereocenters. The molecule has 17 heavy (non-hydrogen) atoms. The number of ketones is 1. The number of aliphatic carboxylic acids is 1. The van der Waals surface area contributed by atoms with Crippen LogP contribution in [-0.2, 0) is 4.79 Å². The predicted octanol–water partition coefficient (Wildman–Crippen LogP) is 2.28. The first-order valence-electron chi connectivity index (χ1n) is 5.27. The topological polar surface area (TPSA) is 67.3 Å². The van der Waals surface area contributed by atoms with E-state index < -0.39 is 5.97 Å². The minimum absolute atomic E-state index is 0.00498. The summed E-state index contributed by atoms with van der Waals surface area (Å²) in [4.78, 5) is 26.5. The highest BCUT2D eigenvalue weighted by molar-refractivity contribution is 6.07. The quantitative estimate of drug-likeness (QED) is 0.817. The lowest BCUT2D eigenvalue weighted by Crippen LogP contribution is -2.04. The molecule has 0 spiro atoms. The molecule has 0 radical (unpaired) electrons. The van der Waals surface area contributed by atoms with E-state index >= 15 is 0 Å². The second-order valence-corrected chi connectivity index (χ2v) is 3.70. The maximum Gasteiger partial charge on any atom is 0.303 e. The molecule has 1 heterocycles. The SMILES string of the molecule is O=C(O)CCC(=O)c1cccc2cccnc12. The molecule has 0 saturated heterocycles. The van der Waals surface area contributed by atoms with Gasteiger partial charge < -0.3 is 5.11 Å². The summed E-state index contributed by atoms with van der Waals surface area (Å²) in [5, 5.41) is 9.44. The molecule has 0 unspecified atom stereocenters. The Labute approximate surface area is 97.9 Å². The number of carbonyl (C=O) groups is 2. The molecule has 0 amide bonds. The Morgan fingerprint density at radius 1 is 1.12 bits per heavy atom. The number of carboxylic acids is 1. The van der Waals surface area contributed by atoms with Gasteiger partial charge in [-0.2, -0.15) is 0 Å². The molecule has 0 aliphatic rings. The summed E-state index contributed by atoms with van der Waals surface area (Å²) in [5.41, 5.74) is 1.12. The average molecular weight is 229 g/mol. The molecule has 0 aliphatic carbocycles. The van der Waals surface area contributed by atoms with Gasteiger partial charge in [-0.3, -0.25) is 14.6 Å². The van der Waals surface area contributed by atoms with Crippen LogP contribution in [0.1, 0.15) is 23.2 Å². The monoisotopic (exact) mass is 229 g/mol. The normalized spacial score (nSPS) is 10.4. The van der Waals surface area contributed by atoms with Crippen molar-refractivity contribution in [3.8, 4) is 0 Å². The van der Waals surface area contributed by atoms with Crippen LogP contribution in [0.15, 0.2) is 36.5 Å². The lowest BCUT2D eigenvalue weighted by Gasteiger charge is -2.03. The summed E-state index contributed by atoms with van der Waals surface area (Å²) in [6.07, 6.45) is 1.48. The van der Waals surface area contributed by atoms with E-state index in [1.54, 1.807) is 24.4 Å². The van der Waals surface area contributed by atoms with E-state index in [2.05, 4.69) is 4.98 Å². The maximum atomic E-state index is 11.9. The Morgan fingerprint density at radius 2 is 1.88 bits per heavy atom. The van der Waals surface area contributed by atoms with Gasteiger partial charge in [-0.25, -0.2) is 0 Å². The maximum absolute atomic E-state index is 11.9. The second kappa shape index (κ2) is 4.74. The fourth-order valence-electron chi connectivity index (χ4n) is 1.68. The summed E-state index contributed by atoms with van der Waals surface area (Å²) in [6, 6.07) is 9.00. The van der Waals surface area contributed by atoms with Crippen LogP contribution < -0.4 is 0 Å². The van der Waals surface area contributed by atoms with Crippen LogP contribution in [-0.4, -0.2) is 21.8 Å². The highest BCUT2D eigenvalue weighted by Gasteiger charge is 2.12. The van der Waals surface area contributed by atoms with Gasteiger partial charge in [-0.15, -0.1) is 0 Å². The number of para-hydroxylation sites is 1. The lowest BCUT2D eigenvalue weighted by atomic mass is 10.0. The van der Waals surface area contributed by atoms with E-state index in [0.717, 1.165) is 5.39 Å². The van der Waals surface area contributed by atoms with E-state index in [9.17, 15) is 9.59 Å². The fourth-order valence-corrected chi connectivity index (χ4v) is 1.68. The molecule has 2 rings (SSSR count). The molecule has 1 N–H and O–H groups in total. The number of carbonyl (C=O) groups excluding carboxylic acids is 1. The molecular weight excluding hydrogens is 218 g/mol. The third-order valence-electron chi connectivity index (χ3n) is 2.50. The molecule has 4 nitrogen and oxygen atoms in total. The Morgan fingerprint density at radius 3 is 2.65 bits per heavy atom. The third kappa shape index (κ3) is 2.47. The molecule has 4 heteroatoms. The van der Waals surface area contributed by atoms with Gasteiger partial charge in [-0.05, 0) is 12.1 Å². The first kappa shape index (κ1) is 11.3. The first-order valence-corrected chi connectivity index (χ1v) is 5.27. The van der Waals surface area contributed by atoms with E-state index in [1.165, 1.54) is 0 Å². The number of hydrogen-bond donors (Lipinski definition) is 1. The van der Waals surface area contributed by atoms with Crippen LogP contribution >= 0.6 is 0 Å². The number of hydrogen-bond acceptors (Lipinski definition) is 3. The van der Waals surface area contributed by atoms with Crippen molar-refractivity contribution < 1.29 is 14.7 Å². The van der Waals surface area contributed by atoms with Crippen LogP contribution in [0, 0.1) is 0 Å². The largest absolute Gasteiger partial charge is 0.481 e. The van der Waals surface area contributed by atoms with Gasteiger partial charge in [0.2, 0.25) is 0 Å². The highest BCUT2D eigenvalue weighted by Crippen LogP contribution is 2.17. The van der Waals surface area contributed by atoms with Crippen LogP contribution in [0.5, 0.6) is 0 Å². The summed E-state index contributed by atoms with van der Waals surface area (Å²) in [7, 11) is 0. The molecule has 0 bridgehead atoms. The van der Waals surface area contributed by atoms with Gasteiger partial charge in [0.15, 0.2) is 5.78 Å². The Hall–Kier alpha value is -2.23.